The lowest BCUT2D eigenvalue weighted by Gasteiger charge is -2.28. The van der Waals surface area contributed by atoms with Gasteiger partial charge in [-0.25, -0.2) is 0 Å². The maximum atomic E-state index is 11.6. The summed E-state index contributed by atoms with van der Waals surface area (Å²) in [5.74, 6) is 0.445. The Hall–Kier alpha value is -1.10. The molecule has 0 aromatic heterocycles. The molecule has 0 radical (unpaired) electrons. The number of hydrogen-bond donors (Lipinski definition) is 2. The predicted octanol–water partition coefficient (Wildman–Crippen LogP) is -0.667. The molecule has 2 rings (SSSR count). The fourth-order valence-electron chi connectivity index (χ4n) is 2.11. The maximum absolute atomic E-state index is 11.6. The second kappa shape index (κ2) is 4.82. The van der Waals surface area contributed by atoms with Crippen molar-refractivity contribution in [3.63, 3.8) is 0 Å². The Labute approximate surface area is 95.6 Å². The van der Waals surface area contributed by atoms with E-state index in [1.807, 2.05) is 11.8 Å². The lowest BCUT2D eigenvalue weighted by molar-refractivity contribution is -0.130. The van der Waals surface area contributed by atoms with Crippen LogP contribution < -0.4 is 10.6 Å². The smallest absolute Gasteiger partial charge is 0.225 e. The minimum absolute atomic E-state index is 0.0511. The zero-order valence-electron chi connectivity index (χ0n) is 9.66. The van der Waals surface area contributed by atoms with Gasteiger partial charge < -0.3 is 15.5 Å². The van der Waals surface area contributed by atoms with E-state index >= 15 is 0 Å². The zero-order valence-corrected chi connectivity index (χ0v) is 9.66. The summed E-state index contributed by atoms with van der Waals surface area (Å²) < 4.78 is 0. The van der Waals surface area contributed by atoms with Crippen LogP contribution in [0.25, 0.3) is 0 Å². The summed E-state index contributed by atoms with van der Waals surface area (Å²) in [5.41, 5.74) is 0. The van der Waals surface area contributed by atoms with E-state index in [4.69, 9.17) is 0 Å². The van der Waals surface area contributed by atoms with Crippen LogP contribution in [0.1, 0.15) is 19.8 Å². The molecule has 2 aliphatic rings. The first kappa shape index (κ1) is 11.4. The highest BCUT2D eigenvalue weighted by Gasteiger charge is 2.27. The third-order valence-corrected chi connectivity index (χ3v) is 3.21. The van der Waals surface area contributed by atoms with Crippen molar-refractivity contribution >= 4 is 11.8 Å². The molecular weight excluding hydrogens is 206 g/mol. The van der Waals surface area contributed by atoms with Crippen LogP contribution in [0.3, 0.4) is 0 Å². The summed E-state index contributed by atoms with van der Waals surface area (Å²) in [6.45, 7) is 4.99. The lowest BCUT2D eigenvalue weighted by Crippen LogP contribution is -2.53. The van der Waals surface area contributed by atoms with Crippen LogP contribution in [0.4, 0.5) is 0 Å². The molecule has 1 unspecified atom stereocenters. The van der Waals surface area contributed by atoms with Crippen molar-refractivity contribution in [3.8, 4) is 0 Å². The number of amides is 2. The van der Waals surface area contributed by atoms with E-state index in [-0.39, 0.29) is 23.8 Å². The van der Waals surface area contributed by atoms with Crippen molar-refractivity contribution in [3.05, 3.63) is 0 Å². The van der Waals surface area contributed by atoms with Gasteiger partial charge in [-0.05, 0) is 13.3 Å². The Bertz CT molecular complexity index is 289. The van der Waals surface area contributed by atoms with E-state index in [1.54, 1.807) is 0 Å². The number of hydrogen-bond acceptors (Lipinski definition) is 3. The van der Waals surface area contributed by atoms with E-state index in [9.17, 15) is 9.59 Å². The maximum Gasteiger partial charge on any atom is 0.225 e. The van der Waals surface area contributed by atoms with Gasteiger partial charge in [-0.3, -0.25) is 9.59 Å². The Morgan fingerprint density at radius 1 is 1.62 bits per heavy atom. The van der Waals surface area contributed by atoms with Gasteiger partial charge in [-0.15, -0.1) is 0 Å². The molecule has 2 heterocycles. The van der Waals surface area contributed by atoms with E-state index in [1.165, 1.54) is 0 Å². The largest absolute Gasteiger partial charge is 0.352 e. The van der Waals surface area contributed by atoms with Crippen molar-refractivity contribution in [2.75, 3.05) is 26.2 Å². The zero-order chi connectivity index (χ0) is 11.5. The molecule has 2 aliphatic heterocycles. The van der Waals surface area contributed by atoms with Crippen LogP contribution in [-0.2, 0) is 9.59 Å². The summed E-state index contributed by atoms with van der Waals surface area (Å²) in [6, 6.07) is 0.0511. The number of carbonyl (C=O) groups is 2. The van der Waals surface area contributed by atoms with E-state index in [0.717, 1.165) is 26.1 Å². The second-order valence-electron chi connectivity index (χ2n) is 4.71. The molecule has 1 atom stereocenters. The number of carbonyl (C=O) groups excluding carboxylic acids is 2. The minimum atomic E-state index is 0.0511. The SMILES string of the molecule is CC(CN1CCCC1=O)NC(=O)C1CNC1. The monoisotopic (exact) mass is 225 g/mol. The second-order valence-corrected chi connectivity index (χ2v) is 4.71. The molecular formula is C11H19N3O2. The van der Waals surface area contributed by atoms with Crippen molar-refractivity contribution in [1.29, 1.82) is 0 Å². The quantitative estimate of drug-likeness (QED) is 0.667. The first-order chi connectivity index (χ1) is 7.66. The van der Waals surface area contributed by atoms with Crippen molar-refractivity contribution in [2.45, 2.75) is 25.8 Å². The first-order valence-corrected chi connectivity index (χ1v) is 5.95. The van der Waals surface area contributed by atoms with Gasteiger partial charge in [0.25, 0.3) is 0 Å². The number of likely N-dealkylation sites (tertiary alicyclic amines) is 1. The third-order valence-electron chi connectivity index (χ3n) is 3.21. The van der Waals surface area contributed by atoms with Crippen molar-refractivity contribution < 1.29 is 9.59 Å². The number of nitrogens with zero attached hydrogens (tertiary/aromatic N) is 1. The van der Waals surface area contributed by atoms with Gasteiger partial charge >= 0.3 is 0 Å². The lowest BCUT2D eigenvalue weighted by atomic mass is 10.0. The molecule has 90 valence electrons. The summed E-state index contributed by atoms with van der Waals surface area (Å²) >= 11 is 0. The Kier molecular flexibility index (Phi) is 3.43. The Balaban J connectivity index is 1.72. The molecule has 0 saturated carbocycles. The molecule has 16 heavy (non-hydrogen) atoms. The van der Waals surface area contributed by atoms with Crippen molar-refractivity contribution in [2.24, 2.45) is 5.92 Å². The minimum Gasteiger partial charge on any atom is -0.352 e. The van der Waals surface area contributed by atoms with Gasteiger partial charge in [0.1, 0.15) is 0 Å². The van der Waals surface area contributed by atoms with Crippen molar-refractivity contribution in [1.82, 2.24) is 15.5 Å². The molecule has 2 saturated heterocycles. The van der Waals surface area contributed by atoms with E-state index in [2.05, 4.69) is 10.6 Å². The average Bonchev–Trinajstić information content (AvgIpc) is 2.48. The molecule has 0 bridgehead atoms. The standard InChI is InChI=1S/C11H19N3O2/c1-8(7-14-4-2-3-10(14)15)13-11(16)9-5-12-6-9/h8-9,12H,2-7H2,1H3,(H,13,16). The highest BCUT2D eigenvalue weighted by molar-refractivity contribution is 5.80. The van der Waals surface area contributed by atoms with Gasteiger partial charge in [0.05, 0.1) is 5.92 Å². The van der Waals surface area contributed by atoms with Gasteiger partial charge in [0.15, 0.2) is 0 Å². The molecule has 5 heteroatoms. The molecule has 2 fully saturated rings. The highest BCUT2D eigenvalue weighted by Crippen LogP contribution is 2.10. The van der Waals surface area contributed by atoms with Gasteiger partial charge in [0.2, 0.25) is 11.8 Å². The van der Waals surface area contributed by atoms with Crippen LogP contribution >= 0.6 is 0 Å². The van der Waals surface area contributed by atoms with Crippen LogP contribution in [0.2, 0.25) is 0 Å². The highest BCUT2D eigenvalue weighted by atomic mass is 16.2. The van der Waals surface area contributed by atoms with Gasteiger partial charge in [-0.2, -0.15) is 0 Å². The summed E-state index contributed by atoms with van der Waals surface area (Å²) in [4.78, 5) is 24.9. The van der Waals surface area contributed by atoms with E-state index < -0.39 is 0 Å². The van der Waals surface area contributed by atoms with Crippen LogP contribution in [0, 0.1) is 5.92 Å². The molecule has 0 spiro atoms. The first-order valence-electron chi connectivity index (χ1n) is 5.95. The van der Waals surface area contributed by atoms with Crippen LogP contribution in [0.15, 0.2) is 0 Å². The molecule has 2 amide bonds. The normalized spacial score (nSPS) is 23.1. The molecule has 0 aromatic carbocycles. The van der Waals surface area contributed by atoms with E-state index in [0.29, 0.717) is 13.0 Å². The number of rotatable bonds is 4. The third kappa shape index (κ3) is 2.52. The summed E-state index contributed by atoms with van der Waals surface area (Å²) in [6.07, 6.45) is 1.61. The fourth-order valence-corrected chi connectivity index (χ4v) is 2.11. The molecule has 0 aliphatic carbocycles. The average molecular weight is 225 g/mol. The summed E-state index contributed by atoms with van der Waals surface area (Å²) in [5, 5.41) is 6.03. The molecule has 0 aromatic rings. The Morgan fingerprint density at radius 3 is 2.88 bits per heavy atom. The fraction of sp³-hybridized carbons (Fsp3) is 0.818. The molecule has 2 N–H and O–H groups in total. The Morgan fingerprint density at radius 2 is 2.38 bits per heavy atom. The predicted molar refractivity (Wildman–Crippen MR) is 59.8 cm³/mol. The van der Waals surface area contributed by atoms with Gasteiger partial charge in [-0.1, -0.05) is 0 Å². The van der Waals surface area contributed by atoms with Crippen LogP contribution in [-0.4, -0.2) is 48.9 Å². The van der Waals surface area contributed by atoms with Crippen LogP contribution in [0.5, 0.6) is 0 Å². The summed E-state index contributed by atoms with van der Waals surface area (Å²) in [7, 11) is 0. The topological polar surface area (TPSA) is 61.4 Å². The van der Waals surface area contributed by atoms with Gasteiger partial charge in [0, 0.05) is 38.6 Å². The molecule has 5 nitrogen and oxygen atoms in total. The number of nitrogens with one attached hydrogen (secondary N) is 2.